The van der Waals surface area contributed by atoms with E-state index in [4.69, 9.17) is 11.1 Å². The zero-order chi connectivity index (χ0) is 9.72. The lowest BCUT2D eigenvalue weighted by atomic mass is 9.97. The molecule has 5 N–H and O–H groups in total. The SMILES string of the molecule is CC(C)C(=N)[C@@H](O)C(O)CCN. The van der Waals surface area contributed by atoms with Gasteiger partial charge in [0.2, 0.25) is 0 Å². The summed E-state index contributed by atoms with van der Waals surface area (Å²) < 4.78 is 0. The molecule has 12 heavy (non-hydrogen) atoms. The van der Waals surface area contributed by atoms with Gasteiger partial charge in [-0.25, -0.2) is 0 Å². The van der Waals surface area contributed by atoms with Gasteiger partial charge in [-0.15, -0.1) is 0 Å². The molecule has 0 aliphatic carbocycles. The molecule has 0 aromatic carbocycles. The molecule has 4 nitrogen and oxygen atoms in total. The lowest BCUT2D eigenvalue weighted by molar-refractivity contribution is 0.0533. The van der Waals surface area contributed by atoms with Gasteiger partial charge < -0.3 is 21.4 Å². The summed E-state index contributed by atoms with van der Waals surface area (Å²) in [6.07, 6.45) is -1.63. The fourth-order valence-electron chi connectivity index (χ4n) is 0.877. The molecular formula is C8H18N2O2. The van der Waals surface area contributed by atoms with E-state index in [9.17, 15) is 10.2 Å². The van der Waals surface area contributed by atoms with E-state index >= 15 is 0 Å². The molecule has 0 spiro atoms. The van der Waals surface area contributed by atoms with Crippen molar-refractivity contribution in [2.24, 2.45) is 11.7 Å². The van der Waals surface area contributed by atoms with Crippen LogP contribution in [0.5, 0.6) is 0 Å². The van der Waals surface area contributed by atoms with Crippen molar-refractivity contribution in [3.8, 4) is 0 Å². The van der Waals surface area contributed by atoms with E-state index in [1.54, 1.807) is 13.8 Å². The molecule has 0 saturated heterocycles. The molecule has 1 unspecified atom stereocenters. The maximum absolute atomic E-state index is 9.36. The third-order valence-electron chi connectivity index (χ3n) is 1.77. The second-order valence-corrected chi connectivity index (χ2v) is 3.20. The smallest absolute Gasteiger partial charge is 0.117 e. The Bertz CT molecular complexity index is 148. The van der Waals surface area contributed by atoms with Gasteiger partial charge in [0.25, 0.3) is 0 Å². The molecule has 4 heteroatoms. The van der Waals surface area contributed by atoms with E-state index in [-0.39, 0.29) is 11.6 Å². The van der Waals surface area contributed by atoms with Gasteiger partial charge in [-0.2, -0.15) is 0 Å². The molecule has 0 aromatic rings. The molecule has 0 saturated carbocycles. The number of hydrogen-bond donors (Lipinski definition) is 4. The van der Waals surface area contributed by atoms with Gasteiger partial charge in [-0.1, -0.05) is 13.8 Å². The second kappa shape index (κ2) is 5.24. The zero-order valence-corrected chi connectivity index (χ0v) is 7.62. The highest BCUT2D eigenvalue weighted by Crippen LogP contribution is 2.06. The summed E-state index contributed by atoms with van der Waals surface area (Å²) in [4.78, 5) is 0. The molecule has 0 aliphatic heterocycles. The van der Waals surface area contributed by atoms with E-state index in [0.29, 0.717) is 13.0 Å². The van der Waals surface area contributed by atoms with Crippen LogP contribution in [0.25, 0.3) is 0 Å². The first kappa shape index (κ1) is 11.6. The first-order chi connectivity index (χ1) is 5.50. The number of nitrogens with one attached hydrogen (secondary N) is 1. The maximum atomic E-state index is 9.36. The summed E-state index contributed by atoms with van der Waals surface area (Å²) in [5.74, 6) is -0.0348. The highest BCUT2D eigenvalue weighted by molar-refractivity contribution is 5.87. The molecule has 72 valence electrons. The van der Waals surface area contributed by atoms with Crippen molar-refractivity contribution in [3.05, 3.63) is 0 Å². The number of rotatable bonds is 5. The van der Waals surface area contributed by atoms with Gasteiger partial charge in [0, 0.05) is 5.71 Å². The summed E-state index contributed by atoms with van der Waals surface area (Å²) >= 11 is 0. The van der Waals surface area contributed by atoms with Crippen LogP contribution in [0.2, 0.25) is 0 Å². The van der Waals surface area contributed by atoms with Crippen LogP contribution in [0.4, 0.5) is 0 Å². The average molecular weight is 174 g/mol. The van der Waals surface area contributed by atoms with Crippen LogP contribution in [0.15, 0.2) is 0 Å². The van der Waals surface area contributed by atoms with Crippen LogP contribution in [0, 0.1) is 11.3 Å². The van der Waals surface area contributed by atoms with E-state index in [2.05, 4.69) is 0 Å². The van der Waals surface area contributed by atoms with E-state index in [1.807, 2.05) is 0 Å². The van der Waals surface area contributed by atoms with Crippen molar-refractivity contribution in [3.63, 3.8) is 0 Å². The third-order valence-corrected chi connectivity index (χ3v) is 1.77. The van der Waals surface area contributed by atoms with Gasteiger partial charge in [0.05, 0.1) is 6.10 Å². The Labute approximate surface area is 72.9 Å². The Balaban J connectivity index is 4.00. The van der Waals surface area contributed by atoms with Gasteiger partial charge in [-0.3, -0.25) is 0 Å². The molecule has 0 fully saturated rings. The minimum absolute atomic E-state index is 0.0348. The lowest BCUT2D eigenvalue weighted by Gasteiger charge is -2.19. The van der Waals surface area contributed by atoms with Crippen LogP contribution < -0.4 is 5.73 Å². The van der Waals surface area contributed by atoms with Crippen LogP contribution in [0.1, 0.15) is 20.3 Å². The maximum Gasteiger partial charge on any atom is 0.117 e. The fraction of sp³-hybridized carbons (Fsp3) is 0.875. The van der Waals surface area contributed by atoms with Crippen molar-refractivity contribution >= 4 is 5.71 Å². The lowest BCUT2D eigenvalue weighted by Crippen LogP contribution is -2.37. The van der Waals surface area contributed by atoms with E-state index in [0.717, 1.165) is 0 Å². The molecular weight excluding hydrogens is 156 g/mol. The second-order valence-electron chi connectivity index (χ2n) is 3.20. The summed E-state index contributed by atoms with van der Waals surface area (Å²) in [5, 5.41) is 26.0. The molecule has 0 amide bonds. The van der Waals surface area contributed by atoms with Gasteiger partial charge in [0.15, 0.2) is 0 Å². The van der Waals surface area contributed by atoms with Crippen molar-refractivity contribution < 1.29 is 10.2 Å². The van der Waals surface area contributed by atoms with Gasteiger partial charge in [-0.05, 0) is 18.9 Å². The van der Waals surface area contributed by atoms with Crippen molar-refractivity contribution in [1.82, 2.24) is 0 Å². The molecule has 0 bridgehead atoms. The highest BCUT2D eigenvalue weighted by atomic mass is 16.3. The highest BCUT2D eigenvalue weighted by Gasteiger charge is 2.21. The standard InChI is InChI=1S/C8H18N2O2/c1-5(2)7(10)8(12)6(11)3-4-9/h5-6,8,10-12H,3-4,9H2,1-2H3/t6?,8-/m0/s1. The van der Waals surface area contributed by atoms with E-state index < -0.39 is 12.2 Å². The number of nitrogens with two attached hydrogens (primary N) is 1. The van der Waals surface area contributed by atoms with Gasteiger partial charge >= 0.3 is 0 Å². The monoisotopic (exact) mass is 174 g/mol. The Morgan fingerprint density at radius 2 is 1.92 bits per heavy atom. The minimum Gasteiger partial charge on any atom is -0.390 e. The third kappa shape index (κ3) is 3.30. The fourth-order valence-corrected chi connectivity index (χ4v) is 0.877. The summed E-state index contributed by atoms with van der Waals surface area (Å²) in [7, 11) is 0. The molecule has 0 aliphatic rings. The van der Waals surface area contributed by atoms with Crippen LogP contribution >= 0.6 is 0 Å². The molecule has 0 heterocycles. The molecule has 0 rings (SSSR count). The average Bonchev–Trinajstić information content (AvgIpc) is 2.02. The Morgan fingerprint density at radius 3 is 2.25 bits per heavy atom. The first-order valence-corrected chi connectivity index (χ1v) is 4.15. The van der Waals surface area contributed by atoms with E-state index in [1.165, 1.54) is 0 Å². The van der Waals surface area contributed by atoms with Crippen LogP contribution in [-0.2, 0) is 0 Å². The summed E-state index contributed by atoms with van der Waals surface area (Å²) in [5.41, 5.74) is 5.36. The Hall–Kier alpha value is -0.450. The largest absolute Gasteiger partial charge is 0.390 e. The number of aliphatic hydroxyl groups excluding tert-OH is 2. The normalized spacial score (nSPS) is 16.2. The number of hydrogen-bond acceptors (Lipinski definition) is 4. The summed E-state index contributed by atoms with van der Waals surface area (Å²) in [6.45, 7) is 3.94. The minimum atomic E-state index is -1.06. The Kier molecular flexibility index (Phi) is 5.04. The Morgan fingerprint density at radius 1 is 1.42 bits per heavy atom. The first-order valence-electron chi connectivity index (χ1n) is 4.15. The number of aliphatic hydroxyl groups is 2. The van der Waals surface area contributed by atoms with Gasteiger partial charge in [0.1, 0.15) is 6.10 Å². The topological polar surface area (TPSA) is 90.3 Å². The van der Waals surface area contributed by atoms with Crippen molar-refractivity contribution in [2.45, 2.75) is 32.5 Å². The van der Waals surface area contributed by atoms with Crippen molar-refractivity contribution in [1.29, 1.82) is 5.41 Å². The van der Waals surface area contributed by atoms with Crippen LogP contribution in [0.3, 0.4) is 0 Å². The molecule has 0 aromatic heterocycles. The predicted octanol–water partition coefficient (Wildman–Crippen LogP) is -0.267. The molecule has 2 atom stereocenters. The quantitative estimate of drug-likeness (QED) is 0.432. The summed E-state index contributed by atoms with van der Waals surface area (Å²) in [6, 6.07) is 0. The van der Waals surface area contributed by atoms with Crippen LogP contribution in [-0.4, -0.2) is 34.7 Å². The predicted molar refractivity (Wildman–Crippen MR) is 48.2 cm³/mol. The zero-order valence-electron chi connectivity index (χ0n) is 7.62. The molecule has 0 radical (unpaired) electrons. The van der Waals surface area contributed by atoms with Crippen molar-refractivity contribution in [2.75, 3.05) is 6.54 Å².